The van der Waals surface area contributed by atoms with E-state index in [9.17, 15) is 13.2 Å². The average molecular weight is 264 g/mol. The summed E-state index contributed by atoms with van der Waals surface area (Å²) in [5, 5.41) is 0. The van der Waals surface area contributed by atoms with Gasteiger partial charge in [-0.2, -0.15) is 13.2 Å². The van der Waals surface area contributed by atoms with Crippen LogP contribution in [0.15, 0.2) is 0 Å². The van der Waals surface area contributed by atoms with Crippen molar-refractivity contribution in [3.8, 4) is 0 Å². The molecule has 18 heavy (non-hydrogen) atoms. The van der Waals surface area contributed by atoms with Gasteiger partial charge in [0.15, 0.2) is 0 Å². The first kappa shape index (κ1) is 14.1. The molecule has 2 aliphatic rings. The molecule has 5 heteroatoms. The molecule has 2 nitrogen and oxygen atoms in total. The number of halogens is 3. The van der Waals surface area contributed by atoms with Crippen molar-refractivity contribution in [2.75, 3.05) is 6.54 Å². The molecule has 3 atom stereocenters. The Hall–Kier alpha value is -0.290. The van der Waals surface area contributed by atoms with Crippen molar-refractivity contribution in [3.05, 3.63) is 0 Å². The van der Waals surface area contributed by atoms with Crippen molar-refractivity contribution in [2.24, 2.45) is 11.7 Å². The van der Waals surface area contributed by atoms with Crippen LogP contribution in [0, 0.1) is 5.92 Å². The normalized spacial score (nSPS) is 34.0. The quantitative estimate of drug-likeness (QED) is 0.846. The van der Waals surface area contributed by atoms with E-state index in [2.05, 4.69) is 6.92 Å². The summed E-state index contributed by atoms with van der Waals surface area (Å²) in [6.07, 6.45) is 1.51. The minimum Gasteiger partial charge on any atom is -0.326 e. The lowest BCUT2D eigenvalue weighted by Crippen LogP contribution is -2.54. The maximum Gasteiger partial charge on any atom is 0.401 e. The van der Waals surface area contributed by atoms with Gasteiger partial charge in [-0.1, -0.05) is 13.3 Å². The van der Waals surface area contributed by atoms with Gasteiger partial charge in [0.05, 0.1) is 6.54 Å². The first-order chi connectivity index (χ1) is 8.40. The molecule has 2 N–H and O–H groups in total. The zero-order chi connectivity index (χ0) is 13.3. The van der Waals surface area contributed by atoms with Gasteiger partial charge in [0.1, 0.15) is 0 Å². The van der Waals surface area contributed by atoms with Crippen molar-refractivity contribution in [2.45, 2.75) is 69.8 Å². The summed E-state index contributed by atoms with van der Waals surface area (Å²) in [5.41, 5.74) is 6.07. The van der Waals surface area contributed by atoms with Crippen molar-refractivity contribution in [1.29, 1.82) is 0 Å². The van der Waals surface area contributed by atoms with Gasteiger partial charge in [-0.15, -0.1) is 0 Å². The Labute approximate surface area is 107 Å². The number of alkyl halides is 3. The molecule has 0 aliphatic heterocycles. The van der Waals surface area contributed by atoms with E-state index in [-0.39, 0.29) is 18.1 Å². The second kappa shape index (κ2) is 5.37. The van der Waals surface area contributed by atoms with Gasteiger partial charge in [0.25, 0.3) is 0 Å². The summed E-state index contributed by atoms with van der Waals surface area (Å²) in [6, 6.07) is -0.0353. The van der Waals surface area contributed by atoms with E-state index >= 15 is 0 Å². The van der Waals surface area contributed by atoms with Gasteiger partial charge in [-0.25, -0.2) is 0 Å². The molecule has 0 aromatic rings. The zero-order valence-corrected chi connectivity index (χ0v) is 10.9. The fraction of sp³-hybridized carbons (Fsp3) is 1.00. The molecule has 106 valence electrons. The van der Waals surface area contributed by atoms with E-state index in [0.717, 1.165) is 38.5 Å². The highest BCUT2D eigenvalue weighted by molar-refractivity contribution is 4.96. The molecule has 0 bridgehead atoms. The first-order valence-corrected chi connectivity index (χ1v) is 6.98. The predicted molar refractivity (Wildman–Crippen MR) is 65.2 cm³/mol. The Morgan fingerprint density at radius 2 is 1.83 bits per heavy atom. The number of hydrogen-bond acceptors (Lipinski definition) is 2. The van der Waals surface area contributed by atoms with Crippen molar-refractivity contribution in [1.82, 2.24) is 4.90 Å². The van der Waals surface area contributed by atoms with Crippen LogP contribution in [-0.2, 0) is 0 Å². The molecule has 2 fully saturated rings. The highest BCUT2D eigenvalue weighted by Crippen LogP contribution is 2.37. The average Bonchev–Trinajstić information content (AvgIpc) is 3.09. The minimum atomic E-state index is -4.11. The molecule has 2 saturated carbocycles. The third-order valence-electron chi connectivity index (χ3n) is 4.36. The fourth-order valence-corrected chi connectivity index (χ4v) is 3.14. The number of rotatable bonds is 4. The summed E-state index contributed by atoms with van der Waals surface area (Å²) in [7, 11) is 0. The third kappa shape index (κ3) is 3.60. The van der Waals surface area contributed by atoms with Gasteiger partial charge in [-0.05, 0) is 38.0 Å². The topological polar surface area (TPSA) is 29.3 Å². The van der Waals surface area contributed by atoms with Crippen LogP contribution in [0.3, 0.4) is 0 Å². The number of hydrogen-bond donors (Lipinski definition) is 1. The van der Waals surface area contributed by atoms with Gasteiger partial charge >= 0.3 is 6.18 Å². The van der Waals surface area contributed by atoms with Crippen molar-refractivity contribution < 1.29 is 13.2 Å². The summed E-state index contributed by atoms with van der Waals surface area (Å²) >= 11 is 0. The summed E-state index contributed by atoms with van der Waals surface area (Å²) in [5.74, 6) is 0.546. The van der Waals surface area contributed by atoms with Crippen molar-refractivity contribution in [3.63, 3.8) is 0 Å². The Morgan fingerprint density at radius 3 is 2.33 bits per heavy atom. The Morgan fingerprint density at radius 1 is 1.17 bits per heavy atom. The Balaban J connectivity index is 2.03. The maximum atomic E-state index is 12.7. The van der Waals surface area contributed by atoms with Crippen molar-refractivity contribution >= 4 is 0 Å². The van der Waals surface area contributed by atoms with E-state index in [0.29, 0.717) is 5.92 Å². The molecule has 0 radical (unpaired) electrons. The van der Waals surface area contributed by atoms with E-state index < -0.39 is 12.7 Å². The second-order valence-electron chi connectivity index (χ2n) is 5.84. The third-order valence-corrected chi connectivity index (χ3v) is 4.36. The monoisotopic (exact) mass is 264 g/mol. The number of nitrogens with zero attached hydrogens (tertiary/aromatic N) is 1. The van der Waals surface area contributed by atoms with E-state index in [1.807, 2.05) is 0 Å². The van der Waals surface area contributed by atoms with Crippen LogP contribution < -0.4 is 5.73 Å². The summed E-state index contributed by atoms with van der Waals surface area (Å²) in [4.78, 5) is 1.65. The van der Waals surface area contributed by atoms with E-state index in [1.54, 1.807) is 4.90 Å². The lowest BCUT2D eigenvalue weighted by Gasteiger charge is -2.41. The minimum absolute atomic E-state index is 0.0715. The molecular weight excluding hydrogens is 241 g/mol. The smallest absolute Gasteiger partial charge is 0.326 e. The Kier molecular flexibility index (Phi) is 4.22. The fourth-order valence-electron chi connectivity index (χ4n) is 3.14. The van der Waals surface area contributed by atoms with Gasteiger partial charge in [0, 0.05) is 18.1 Å². The Bertz CT molecular complexity index is 276. The molecule has 0 amide bonds. The van der Waals surface area contributed by atoms with Crippen LogP contribution in [0.4, 0.5) is 13.2 Å². The first-order valence-electron chi connectivity index (χ1n) is 6.98. The SMILES string of the molecule is CCC1CCC(N)C(N(CC(F)(F)F)C2CC2)C1. The predicted octanol–water partition coefficient (Wildman–Crippen LogP) is 2.92. The van der Waals surface area contributed by atoms with Gasteiger partial charge in [0.2, 0.25) is 0 Å². The van der Waals surface area contributed by atoms with Crippen LogP contribution in [0.25, 0.3) is 0 Å². The van der Waals surface area contributed by atoms with Crippen LogP contribution in [-0.4, -0.2) is 35.7 Å². The molecule has 3 unspecified atom stereocenters. The maximum absolute atomic E-state index is 12.7. The summed E-state index contributed by atoms with van der Waals surface area (Å²) < 4.78 is 38.0. The highest BCUT2D eigenvalue weighted by Gasteiger charge is 2.44. The van der Waals surface area contributed by atoms with Gasteiger partial charge in [-0.3, -0.25) is 4.90 Å². The molecule has 0 aromatic heterocycles. The summed E-state index contributed by atoms with van der Waals surface area (Å²) in [6.45, 7) is 1.33. The zero-order valence-electron chi connectivity index (χ0n) is 10.9. The molecule has 2 rings (SSSR count). The lowest BCUT2D eigenvalue weighted by atomic mass is 9.80. The van der Waals surface area contributed by atoms with E-state index in [4.69, 9.17) is 5.73 Å². The second-order valence-corrected chi connectivity index (χ2v) is 5.84. The van der Waals surface area contributed by atoms with Crippen LogP contribution >= 0.6 is 0 Å². The highest BCUT2D eigenvalue weighted by atomic mass is 19.4. The molecule has 0 aromatic carbocycles. The molecule has 0 heterocycles. The largest absolute Gasteiger partial charge is 0.401 e. The molecule has 0 spiro atoms. The van der Waals surface area contributed by atoms with E-state index in [1.165, 1.54) is 0 Å². The standard InChI is InChI=1S/C13H23F3N2/c1-2-9-3-6-11(17)12(7-9)18(10-4-5-10)8-13(14,15)16/h9-12H,2-8,17H2,1H3. The molecule has 2 aliphatic carbocycles. The molecule has 0 saturated heterocycles. The van der Waals surface area contributed by atoms with Crippen LogP contribution in [0.2, 0.25) is 0 Å². The number of nitrogens with two attached hydrogens (primary N) is 1. The molecular formula is C13H23F3N2. The van der Waals surface area contributed by atoms with Crippen LogP contribution in [0.5, 0.6) is 0 Å². The lowest BCUT2D eigenvalue weighted by molar-refractivity contribution is -0.155. The van der Waals surface area contributed by atoms with Gasteiger partial charge < -0.3 is 5.73 Å². The van der Waals surface area contributed by atoms with Crippen LogP contribution in [0.1, 0.15) is 45.4 Å².